The summed E-state index contributed by atoms with van der Waals surface area (Å²) >= 11 is 8.43. The van der Waals surface area contributed by atoms with Crippen molar-refractivity contribution >= 4 is 75.3 Å². The largest absolute Gasteiger partial charge is 0.542 e. The van der Waals surface area contributed by atoms with E-state index < -0.39 is 53.5 Å². The highest BCUT2D eigenvalue weighted by atomic mass is 35.5. The van der Waals surface area contributed by atoms with Crippen LogP contribution in [-0.2, 0) is 41.8 Å². The zero-order valence-electron chi connectivity index (χ0n) is 25.0. The third-order valence-electron chi connectivity index (χ3n) is 6.00. The number of thioether (sulfide) groups is 1. The Bertz CT molecular complexity index is 1650. The lowest BCUT2D eigenvalue weighted by Crippen LogP contribution is -2.71. The van der Waals surface area contributed by atoms with Crippen LogP contribution in [0.1, 0.15) is 11.3 Å². The highest BCUT2D eigenvalue weighted by molar-refractivity contribution is 8.00. The van der Waals surface area contributed by atoms with E-state index in [-0.39, 0.29) is 26.6 Å². The number of thiazole rings is 1. The van der Waals surface area contributed by atoms with E-state index in [4.69, 9.17) is 47.7 Å². The first-order valence-electron chi connectivity index (χ1n) is 13.1. The molecule has 4 rings (SSSR count). The molecule has 4 heterocycles. The molecule has 0 spiro atoms. The molecule has 2 amide bonds. The minimum Gasteiger partial charge on any atom is -0.542 e. The van der Waals surface area contributed by atoms with Crippen molar-refractivity contribution in [1.82, 2.24) is 15.2 Å². The first-order valence-corrected chi connectivity index (χ1v) is 15.4. The van der Waals surface area contributed by atoms with Gasteiger partial charge in [0.25, 0.3) is 11.8 Å². The van der Waals surface area contributed by atoms with Crippen molar-refractivity contribution in [2.24, 2.45) is 10.9 Å². The van der Waals surface area contributed by atoms with Crippen LogP contribution in [0, 0.1) is 0 Å². The molecule has 1 fully saturated rings. The number of anilines is 1. The monoisotopic (exact) mass is 779 g/mol. The van der Waals surface area contributed by atoms with Crippen molar-refractivity contribution < 1.29 is 75.0 Å². The van der Waals surface area contributed by atoms with E-state index in [1.807, 2.05) is 29.1 Å². The Hall–Kier alpha value is -4.68. The SMILES string of the molecule is CO/N=C(\C(=O)N[C@@H]1C(=O)N2C(C(=O)O)=C(C[n+]3ccc(CCN)cc3)CS[C@H]12)c1nc(N)sc1Cl.O=C(O)C(F)(F)F.O=C([O-])C(F)(F)F. The molecule has 274 valence electrons. The first-order chi connectivity index (χ1) is 23.1. The van der Waals surface area contributed by atoms with E-state index in [0.717, 1.165) is 23.3 Å². The number of nitrogens with one attached hydrogen (secondary N) is 1. The quantitative estimate of drug-likeness (QED) is 0.0733. The topological polar surface area (TPSA) is 255 Å². The van der Waals surface area contributed by atoms with Gasteiger partial charge in [0.2, 0.25) is 0 Å². The Morgan fingerprint density at radius 2 is 1.74 bits per heavy atom. The normalized spacial score (nSPS) is 17.3. The molecular formula is C25H24ClF6N7O9S2. The summed E-state index contributed by atoms with van der Waals surface area (Å²) in [6.45, 7) is 0.842. The highest BCUT2D eigenvalue weighted by Gasteiger charge is 2.55. The molecule has 0 aromatic carbocycles. The van der Waals surface area contributed by atoms with Gasteiger partial charge in [-0.25, -0.2) is 19.1 Å². The molecule has 16 nitrogen and oxygen atoms in total. The van der Waals surface area contributed by atoms with Crippen LogP contribution in [-0.4, -0.2) is 98.7 Å². The number of amides is 2. The smallest absolute Gasteiger partial charge is 0.490 e. The standard InChI is InChI=1S/C21H22ClN7O5S2.2C2HF3O2/c1-34-27-13(12-16(22)36-21(24)26-12)17(30)25-14-18(31)29-15(20(32)33)11(9-35-19(14)29)8-28-6-3-10(2-5-23)4-7-28;2*3-2(4,5)1(6)7/h3-4,6-7,14,19H,2,5,8-9,23H2,1H3,(H3-,24,25,26,30,32,33);2*(H,6,7)/b27-13-;;/t14-,19-;;/m1../s1. The number of nitrogens with two attached hydrogens (primary N) is 2. The van der Waals surface area contributed by atoms with E-state index in [1.165, 1.54) is 23.8 Å². The minimum absolute atomic E-state index is 0.0290. The van der Waals surface area contributed by atoms with Crippen LogP contribution in [0.4, 0.5) is 31.5 Å². The van der Waals surface area contributed by atoms with Gasteiger partial charge in [-0.1, -0.05) is 28.1 Å². The summed E-state index contributed by atoms with van der Waals surface area (Å²) in [5, 5.41) is 31.7. The van der Waals surface area contributed by atoms with E-state index in [2.05, 4.69) is 15.5 Å². The van der Waals surface area contributed by atoms with Gasteiger partial charge in [-0.3, -0.25) is 14.5 Å². The lowest BCUT2D eigenvalue weighted by molar-refractivity contribution is -0.689. The molecule has 2 atom stereocenters. The van der Waals surface area contributed by atoms with Crippen LogP contribution in [0.5, 0.6) is 0 Å². The number of β-lactam (4-membered cyclic amide) rings is 1. The second-order valence-electron chi connectivity index (χ2n) is 9.42. The molecule has 0 aliphatic carbocycles. The van der Waals surface area contributed by atoms with Gasteiger partial charge in [0, 0.05) is 23.5 Å². The van der Waals surface area contributed by atoms with Crippen LogP contribution in [0.3, 0.4) is 0 Å². The second kappa shape index (κ2) is 17.3. The maximum Gasteiger partial charge on any atom is 0.490 e. The lowest BCUT2D eigenvalue weighted by Gasteiger charge is -2.49. The number of aromatic nitrogens is 2. The van der Waals surface area contributed by atoms with Gasteiger partial charge >= 0.3 is 24.3 Å². The molecule has 0 radical (unpaired) electrons. The van der Waals surface area contributed by atoms with Gasteiger partial charge in [0.05, 0.1) is 0 Å². The fraction of sp³-hybridized carbons (Fsp3) is 0.360. The summed E-state index contributed by atoms with van der Waals surface area (Å²) < 4.78 is 65.3. The van der Waals surface area contributed by atoms with Crippen LogP contribution < -0.4 is 26.5 Å². The number of carboxylic acid groups (broad SMARTS) is 3. The number of hydrogen-bond donors (Lipinski definition) is 5. The third-order valence-corrected chi connectivity index (χ3v) is 8.42. The predicted molar refractivity (Wildman–Crippen MR) is 159 cm³/mol. The number of carbonyl (C=O) groups excluding carboxylic acids is 3. The van der Waals surface area contributed by atoms with Gasteiger partial charge in [-0.15, -0.1) is 11.8 Å². The summed E-state index contributed by atoms with van der Waals surface area (Å²) in [5.74, 6) is -7.89. The van der Waals surface area contributed by atoms with E-state index in [9.17, 15) is 45.8 Å². The molecule has 2 aliphatic rings. The number of pyridine rings is 1. The summed E-state index contributed by atoms with van der Waals surface area (Å²) in [4.78, 5) is 65.7. The van der Waals surface area contributed by atoms with E-state index in [1.54, 1.807) is 0 Å². The van der Waals surface area contributed by atoms with Crippen molar-refractivity contribution in [1.29, 1.82) is 0 Å². The van der Waals surface area contributed by atoms with E-state index in [0.29, 0.717) is 24.4 Å². The number of hydrogen-bond acceptors (Lipinski definition) is 13. The number of oxime groups is 1. The summed E-state index contributed by atoms with van der Waals surface area (Å²) in [5.41, 5.74) is 12.6. The number of halogens is 7. The molecule has 1 saturated heterocycles. The second-order valence-corrected chi connectivity index (χ2v) is 12.2. The van der Waals surface area contributed by atoms with Crippen LogP contribution in [0.25, 0.3) is 0 Å². The van der Waals surface area contributed by atoms with Crippen molar-refractivity contribution in [2.75, 3.05) is 25.1 Å². The average Bonchev–Trinajstić information content (AvgIpc) is 3.35. The Morgan fingerprint density at radius 1 is 1.18 bits per heavy atom. The van der Waals surface area contributed by atoms with Gasteiger partial charge in [0.15, 0.2) is 29.8 Å². The number of alkyl halides is 6. The van der Waals surface area contributed by atoms with E-state index >= 15 is 0 Å². The highest BCUT2D eigenvalue weighted by Crippen LogP contribution is 2.40. The fourth-order valence-corrected chi connectivity index (χ4v) is 6.17. The summed E-state index contributed by atoms with van der Waals surface area (Å²) in [6, 6.07) is 2.89. The number of aliphatic carboxylic acids is 3. The maximum absolute atomic E-state index is 13.0. The Labute approximate surface area is 289 Å². The van der Waals surface area contributed by atoms with Crippen molar-refractivity contribution in [3.63, 3.8) is 0 Å². The van der Waals surface area contributed by atoms with Crippen LogP contribution in [0.15, 0.2) is 41.0 Å². The summed E-state index contributed by atoms with van der Waals surface area (Å²) in [6.07, 6.45) is -5.83. The summed E-state index contributed by atoms with van der Waals surface area (Å²) in [7, 11) is 1.25. The van der Waals surface area contributed by atoms with Gasteiger partial charge in [-0.2, -0.15) is 26.3 Å². The average molecular weight is 780 g/mol. The molecule has 0 saturated carbocycles. The first kappa shape index (κ1) is 41.5. The number of fused-ring (bicyclic) bond motifs is 1. The number of rotatable bonds is 9. The number of nitrogen functional groups attached to an aromatic ring is 1. The zero-order chi connectivity index (χ0) is 38.1. The molecule has 7 N–H and O–H groups in total. The molecule has 25 heteroatoms. The number of nitrogens with zero attached hydrogens (tertiary/aromatic N) is 4. The predicted octanol–water partition coefficient (Wildman–Crippen LogP) is -0.111. The van der Waals surface area contributed by atoms with Crippen LogP contribution in [0.2, 0.25) is 4.34 Å². The van der Waals surface area contributed by atoms with Gasteiger partial charge in [-0.05, 0) is 18.5 Å². The number of carboxylic acids is 3. The minimum atomic E-state index is -5.19. The van der Waals surface area contributed by atoms with Crippen molar-refractivity contribution in [2.45, 2.75) is 36.7 Å². The molecule has 2 aromatic heterocycles. The Balaban J connectivity index is 0.000000521. The number of carbonyl (C=O) groups is 5. The Kier molecular flexibility index (Phi) is 14.4. The van der Waals surface area contributed by atoms with Crippen molar-refractivity contribution in [3.05, 3.63) is 51.4 Å². The maximum atomic E-state index is 13.0. The molecule has 50 heavy (non-hydrogen) atoms. The molecule has 0 unspecified atom stereocenters. The molecule has 0 bridgehead atoms. The van der Waals surface area contributed by atoms with Crippen molar-refractivity contribution in [3.8, 4) is 0 Å². The third kappa shape index (κ3) is 10.9. The Morgan fingerprint density at radius 3 is 2.16 bits per heavy atom. The lowest BCUT2D eigenvalue weighted by atomic mass is 10.0. The van der Waals surface area contributed by atoms with Crippen LogP contribution >= 0.6 is 34.7 Å². The van der Waals surface area contributed by atoms with Gasteiger partial charge in [0.1, 0.15) is 40.2 Å². The zero-order valence-corrected chi connectivity index (χ0v) is 27.3. The molecule has 2 aromatic rings. The molecule has 2 aliphatic heterocycles. The molecular weight excluding hydrogens is 756 g/mol. The van der Waals surface area contributed by atoms with Gasteiger partial charge < -0.3 is 41.7 Å². The fourth-order valence-electron chi connectivity index (χ4n) is 3.91.